The van der Waals surface area contributed by atoms with E-state index in [-0.39, 0.29) is 6.03 Å². The summed E-state index contributed by atoms with van der Waals surface area (Å²) in [6.45, 7) is 5.04. The van der Waals surface area contributed by atoms with Crippen LogP contribution in [0.2, 0.25) is 0 Å². The van der Waals surface area contributed by atoms with Gasteiger partial charge in [-0.3, -0.25) is 0 Å². The second-order valence-corrected chi connectivity index (χ2v) is 4.33. The van der Waals surface area contributed by atoms with E-state index in [2.05, 4.69) is 11.9 Å². The van der Waals surface area contributed by atoms with Gasteiger partial charge in [0.2, 0.25) is 0 Å². The smallest absolute Gasteiger partial charge is 0.320 e. The average molecular weight is 213 g/mol. The van der Waals surface area contributed by atoms with Crippen LogP contribution < -0.4 is 0 Å². The minimum atomic E-state index is 0.185. The number of urea groups is 1. The number of fused-ring (bicyclic) bond motifs is 1. The summed E-state index contributed by atoms with van der Waals surface area (Å²) < 4.78 is 5.00. The molecule has 2 fully saturated rings. The Kier molecular flexibility index (Phi) is 3.11. The third-order valence-electron chi connectivity index (χ3n) is 3.20. The fraction of sp³-hybridized carbons (Fsp3) is 0.900. The first-order valence-electron chi connectivity index (χ1n) is 5.45. The first-order valence-corrected chi connectivity index (χ1v) is 5.45. The Morgan fingerprint density at radius 3 is 2.93 bits per heavy atom. The fourth-order valence-electron chi connectivity index (χ4n) is 2.32. The molecule has 2 saturated heterocycles. The molecule has 0 radical (unpaired) electrons. The third-order valence-corrected chi connectivity index (χ3v) is 3.20. The predicted molar refractivity (Wildman–Crippen MR) is 56.8 cm³/mol. The van der Waals surface area contributed by atoms with Crippen molar-refractivity contribution in [1.29, 1.82) is 0 Å². The number of methoxy groups -OCH3 is 1. The van der Waals surface area contributed by atoms with E-state index in [0.717, 1.165) is 26.2 Å². The Hall–Kier alpha value is -0.810. The van der Waals surface area contributed by atoms with Crippen molar-refractivity contribution in [3.05, 3.63) is 0 Å². The van der Waals surface area contributed by atoms with Gasteiger partial charge in [0.15, 0.2) is 0 Å². The van der Waals surface area contributed by atoms with Gasteiger partial charge in [-0.1, -0.05) is 0 Å². The van der Waals surface area contributed by atoms with Gasteiger partial charge in [-0.25, -0.2) is 4.79 Å². The van der Waals surface area contributed by atoms with Crippen molar-refractivity contribution in [2.75, 3.05) is 53.5 Å². The van der Waals surface area contributed by atoms with Crippen LogP contribution in [0.3, 0.4) is 0 Å². The number of hydrogen-bond acceptors (Lipinski definition) is 3. The summed E-state index contributed by atoms with van der Waals surface area (Å²) in [7, 11) is 3.78. The number of amides is 2. The van der Waals surface area contributed by atoms with Crippen molar-refractivity contribution in [2.24, 2.45) is 0 Å². The quantitative estimate of drug-likeness (QED) is 0.645. The summed E-state index contributed by atoms with van der Waals surface area (Å²) in [5.41, 5.74) is 0. The molecule has 0 N–H and O–H groups in total. The van der Waals surface area contributed by atoms with E-state index in [4.69, 9.17) is 4.74 Å². The highest BCUT2D eigenvalue weighted by atomic mass is 16.5. The number of carbonyl (C=O) groups excluding carboxylic acids is 1. The van der Waals surface area contributed by atoms with Gasteiger partial charge < -0.3 is 19.4 Å². The third kappa shape index (κ3) is 2.08. The first kappa shape index (κ1) is 10.7. The number of likely N-dealkylation sites (N-methyl/N-ethyl adjacent to an activating group) is 1. The standard InChI is InChI=1S/C10H19N3O2/c1-11-3-4-13-9(7-11)8-12(10(13)14)5-6-15-2/h9H,3-8H2,1-2H3. The van der Waals surface area contributed by atoms with Crippen molar-refractivity contribution >= 4 is 6.03 Å². The van der Waals surface area contributed by atoms with Gasteiger partial charge >= 0.3 is 6.03 Å². The largest absolute Gasteiger partial charge is 0.383 e. The second-order valence-electron chi connectivity index (χ2n) is 4.33. The minimum absolute atomic E-state index is 0.185. The summed E-state index contributed by atoms with van der Waals surface area (Å²) >= 11 is 0. The van der Waals surface area contributed by atoms with Crippen LogP contribution in [0.4, 0.5) is 4.79 Å². The van der Waals surface area contributed by atoms with Gasteiger partial charge in [-0.2, -0.15) is 0 Å². The molecule has 0 bridgehead atoms. The monoisotopic (exact) mass is 213 g/mol. The van der Waals surface area contributed by atoms with Crippen LogP contribution in [0, 0.1) is 0 Å². The maximum Gasteiger partial charge on any atom is 0.320 e. The van der Waals surface area contributed by atoms with E-state index in [9.17, 15) is 4.79 Å². The number of nitrogens with zero attached hydrogens (tertiary/aromatic N) is 3. The van der Waals surface area contributed by atoms with E-state index >= 15 is 0 Å². The Bertz CT molecular complexity index is 247. The molecule has 5 nitrogen and oxygen atoms in total. The van der Waals surface area contributed by atoms with Crippen LogP contribution in [0.15, 0.2) is 0 Å². The van der Waals surface area contributed by atoms with Crippen LogP contribution in [0.25, 0.3) is 0 Å². The lowest BCUT2D eigenvalue weighted by molar-refractivity contribution is 0.136. The zero-order valence-corrected chi connectivity index (χ0v) is 9.48. The van der Waals surface area contributed by atoms with Crippen LogP contribution in [-0.4, -0.2) is 80.3 Å². The maximum atomic E-state index is 11.9. The molecule has 2 aliphatic heterocycles. The summed E-state index contributed by atoms with van der Waals surface area (Å²) in [5.74, 6) is 0. The molecular formula is C10H19N3O2. The summed E-state index contributed by atoms with van der Waals surface area (Å²) in [6, 6.07) is 0.568. The Labute approximate surface area is 90.6 Å². The topological polar surface area (TPSA) is 36.0 Å². The van der Waals surface area contributed by atoms with E-state index in [1.807, 2.05) is 9.80 Å². The maximum absolute atomic E-state index is 11.9. The highest BCUT2D eigenvalue weighted by Crippen LogP contribution is 2.19. The number of hydrogen-bond donors (Lipinski definition) is 0. The molecule has 2 aliphatic rings. The molecule has 1 unspecified atom stereocenters. The molecule has 2 amide bonds. The van der Waals surface area contributed by atoms with E-state index in [1.165, 1.54) is 0 Å². The van der Waals surface area contributed by atoms with Gasteiger partial charge in [0.1, 0.15) is 0 Å². The summed E-state index contributed by atoms with van der Waals surface area (Å²) in [6.07, 6.45) is 0. The van der Waals surface area contributed by atoms with Crippen molar-refractivity contribution in [2.45, 2.75) is 6.04 Å². The number of ether oxygens (including phenoxy) is 1. The molecule has 2 rings (SSSR count). The molecule has 0 aliphatic carbocycles. The van der Waals surface area contributed by atoms with Crippen molar-refractivity contribution < 1.29 is 9.53 Å². The molecule has 0 aromatic carbocycles. The molecule has 86 valence electrons. The molecule has 0 aromatic heterocycles. The van der Waals surface area contributed by atoms with E-state index < -0.39 is 0 Å². The normalized spacial score (nSPS) is 27.3. The molecule has 5 heteroatoms. The summed E-state index contributed by atoms with van der Waals surface area (Å²) in [5, 5.41) is 0. The molecule has 1 atom stereocenters. The van der Waals surface area contributed by atoms with Gasteiger partial charge in [0.25, 0.3) is 0 Å². The molecule has 0 aromatic rings. The van der Waals surface area contributed by atoms with Crippen LogP contribution in [0.1, 0.15) is 0 Å². The molecule has 15 heavy (non-hydrogen) atoms. The highest BCUT2D eigenvalue weighted by Gasteiger charge is 2.39. The Morgan fingerprint density at radius 2 is 2.20 bits per heavy atom. The predicted octanol–water partition coefficient (Wildman–Crippen LogP) is -0.316. The van der Waals surface area contributed by atoms with Crippen molar-refractivity contribution in [1.82, 2.24) is 14.7 Å². The summed E-state index contributed by atoms with van der Waals surface area (Å²) in [4.78, 5) is 18.1. The fourth-order valence-corrected chi connectivity index (χ4v) is 2.32. The van der Waals surface area contributed by atoms with Gasteiger partial charge in [0.05, 0.1) is 12.6 Å². The molecular weight excluding hydrogens is 194 g/mol. The first-order chi connectivity index (χ1) is 7.22. The Morgan fingerprint density at radius 1 is 1.40 bits per heavy atom. The molecule has 2 heterocycles. The van der Waals surface area contributed by atoms with Crippen LogP contribution in [0.5, 0.6) is 0 Å². The number of rotatable bonds is 3. The van der Waals surface area contributed by atoms with Gasteiger partial charge in [0, 0.05) is 39.8 Å². The number of carbonyl (C=O) groups is 1. The van der Waals surface area contributed by atoms with Gasteiger partial charge in [-0.15, -0.1) is 0 Å². The van der Waals surface area contributed by atoms with Crippen LogP contribution in [-0.2, 0) is 4.74 Å². The second kappa shape index (κ2) is 4.37. The minimum Gasteiger partial charge on any atom is -0.383 e. The highest BCUT2D eigenvalue weighted by molar-refractivity contribution is 5.77. The molecule has 0 saturated carbocycles. The SMILES string of the molecule is COCCN1CC2CN(C)CCN2C1=O. The number of piperazine rings is 1. The zero-order chi connectivity index (χ0) is 10.8. The Balaban J connectivity index is 1.94. The lowest BCUT2D eigenvalue weighted by Crippen LogP contribution is -2.50. The van der Waals surface area contributed by atoms with Crippen LogP contribution >= 0.6 is 0 Å². The molecule has 0 spiro atoms. The van der Waals surface area contributed by atoms with E-state index in [0.29, 0.717) is 19.2 Å². The van der Waals surface area contributed by atoms with Crippen molar-refractivity contribution in [3.8, 4) is 0 Å². The average Bonchev–Trinajstić information content (AvgIpc) is 2.52. The lowest BCUT2D eigenvalue weighted by Gasteiger charge is -2.33. The van der Waals surface area contributed by atoms with Crippen molar-refractivity contribution in [3.63, 3.8) is 0 Å². The van der Waals surface area contributed by atoms with Gasteiger partial charge in [-0.05, 0) is 7.05 Å². The van der Waals surface area contributed by atoms with E-state index in [1.54, 1.807) is 7.11 Å². The zero-order valence-electron chi connectivity index (χ0n) is 9.48. The lowest BCUT2D eigenvalue weighted by atomic mass is 10.2.